The molecule has 2 aromatic heterocycles. The van der Waals surface area contributed by atoms with Crippen molar-refractivity contribution in [1.29, 1.82) is 0 Å². The summed E-state index contributed by atoms with van der Waals surface area (Å²) >= 11 is 1.57. The standard InChI is InChI=1S/C12H13FN4OS/c1-17(2)8-15-11-10(13)6-14-12(16-11)18-7-9-4-3-5-19-9/h3-6,8H,7H2,1-2H3. The third-order valence-electron chi connectivity index (χ3n) is 2.04. The Labute approximate surface area is 114 Å². The van der Waals surface area contributed by atoms with E-state index >= 15 is 0 Å². The van der Waals surface area contributed by atoms with E-state index in [9.17, 15) is 4.39 Å². The number of rotatable bonds is 5. The number of halogens is 1. The first kappa shape index (κ1) is 13.4. The van der Waals surface area contributed by atoms with Crippen LogP contribution in [0.1, 0.15) is 4.88 Å². The van der Waals surface area contributed by atoms with Gasteiger partial charge >= 0.3 is 6.01 Å². The van der Waals surface area contributed by atoms with Gasteiger partial charge < -0.3 is 9.64 Å². The first-order chi connectivity index (χ1) is 9.15. The van der Waals surface area contributed by atoms with E-state index < -0.39 is 5.82 Å². The van der Waals surface area contributed by atoms with E-state index in [2.05, 4.69) is 15.0 Å². The van der Waals surface area contributed by atoms with Crippen LogP contribution in [0.4, 0.5) is 10.2 Å². The highest BCUT2D eigenvalue weighted by molar-refractivity contribution is 7.09. The summed E-state index contributed by atoms with van der Waals surface area (Å²) in [5.74, 6) is -0.619. The second-order valence-electron chi connectivity index (χ2n) is 3.90. The molecular weight excluding hydrogens is 267 g/mol. The fourth-order valence-electron chi connectivity index (χ4n) is 1.20. The van der Waals surface area contributed by atoms with Crippen LogP contribution in [0.15, 0.2) is 28.7 Å². The molecule has 2 heterocycles. The predicted molar refractivity (Wildman–Crippen MR) is 72.5 cm³/mol. The SMILES string of the molecule is CN(C)C=Nc1nc(OCc2cccs2)ncc1F. The summed E-state index contributed by atoms with van der Waals surface area (Å²) in [6.07, 6.45) is 2.52. The molecule has 0 aromatic carbocycles. The van der Waals surface area contributed by atoms with Crippen molar-refractivity contribution < 1.29 is 9.13 Å². The van der Waals surface area contributed by atoms with Crippen LogP contribution in [0.3, 0.4) is 0 Å². The minimum absolute atomic E-state index is 0.0371. The predicted octanol–water partition coefficient (Wildman–Crippen LogP) is 2.48. The Morgan fingerprint density at radius 2 is 2.37 bits per heavy atom. The van der Waals surface area contributed by atoms with Crippen LogP contribution < -0.4 is 4.74 Å². The van der Waals surface area contributed by atoms with Gasteiger partial charge in [-0.25, -0.2) is 14.4 Å². The number of nitrogens with zero attached hydrogens (tertiary/aromatic N) is 4. The molecule has 19 heavy (non-hydrogen) atoms. The molecule has 100 valence electrons. The van der Waals surface area contributed by atoms with Crippen LogP contribution >= 0.6 is 11.3 Å². The van der Waals surface area contributed by atoms with Crippen molar-refractivity contribution in [3.63, 3.8) is 0 Å². The van der Waals surface area contributed by atoms with Crippen LogP contribution in [0, 0.1) is 5.82 Å². The van der Waals surface area contributed by atoms with Gasteiger partial charge in [-0.2, -0.15) is 4.98 Å². The van der Waals surface area contributed by atoms with Gasteiger partial charge in [0.1, 0.15) is 6.61 Å². The van der Waals surface area contributed by atoms with Crippen molar-refractivity contribution >= 4 is 23.5 Å². The quantitative estimate of drug-likeness (QED) is 0.623. The molecule has 7 heteroatoms. The molecule has 0 spiro atoms. The average molecular weight is 280 g/mol. The Morgan fingerprint density at radius 1 is 1.53 bits per heavy atom. The van der Waals surface area contributed by atoms with Gasteiger partial charge in [0.2, 0.25) is 0 Å². The molecule has 0 N–H and O–H groups in total. The lowest BCUT2D eigenvalue weighted by Crippen LogP contribution is -2.07. The van der Waals surface area contributed by atoms with Crippen LogP contribution in [0.2, 0.25) is 0 Å². The zero-order valence-corrected chi connectivity index (χ0v) is 11.4. The minimum Gasteiger partial charge on any atom is -0.458 e. The maximum atomic E-state index is 13.4. The van der Waals surface area contributed by atoms with Crippen LogP contribution in [0.5, 0.6) is 6.01 Å². The molecule has 0 atom stereocenters. The van der Waals surface area contributed by atoms with Gasteiger partial charge in [-0.1, -0.05) is 6.07 Å². The van der Waals surface area contributed by atoms with Gasteiger partial charge in [0.15, 0.2) is 11.6 Å². The Kier molecular flexibility index (Phi) is 4.40. The lowest BCUT2D eigenvalue weighted by molar-refractivity contribution is 0.283. The first-order valence-electron chi connectivity index (χ1n) is 5.53. The summed E-state index contributed by atoms with van der Waals surface area (Å²) in [5.41, 5.74) is 0. The van der Waals surface area contributed by atoms with E-state index in [1.54, 1.807) is 30.3 Å². The van der Waals surface area contributed by atoms with Gasteiger partial charge in [0, 0.05) is 19.0 Å². The number of hydrogen-bond acceptors (Lipinski definition) is 5. The number of hydrogen-bond donors (Lipinski definition) is 0. The van der Waals surface area contributed by atoms with E-state index in [4.69, 9.17) is 4.74 Å². The molecule has 0 aliphatic rings. The molecule has 0 saturated heterocycles. The van der Waals surface area contributed by atoms with Crippen LogP contribution in [-0.2, 0) is 6.61 Å². The van der Waals surface area contributed by atoms with Crippen molar-refractivity contribution in [2.75, 3.05) is 14.1 Å². The zero-order chi connectivity index (χ0) is 13.7. The Bertz CT molecular complexity index is 557. The lowest BCUT2D eigenvalue weighted by Gasteiger charge is -2.05. The van der Waals surface area contributed by atoms with Gasteiger partial charge in [-0.05, 0) is 11.4 Å². The number of aromatic nitrogens is 2. The molecule has 0 aliphatic carbocycles. The lowest BCUT2D eigenvalue weighted by atomic mass is 10.5. The number of thiophene rings is 1. The van der Waals surface area contributed by atoms with Gasteiger partial charge in [-0.3, -0.25) is 0 Å². The van der Waals surface area contributed by atoms with Crippen LogP contribution in [0.25, 0.3) is 0 Å². The Balaban J connectivity index is 2.07. The Morgan fingerprint density at radius 3 is 3.05 bits per heavy atom. The summed E-state index contributed by atoms with van der Waals surface area (Å²) in [5, 5.41) is 1.96. The number of aliphatic imine (C=N–C) groups is 1. The normalized spacial score (nSPS) is 10.9. The van der Waals surface area contributed by atoms with E-state index in [-0.39, 0.29) is 11.8 Å². The Hall–Kier alpha value is -2.02. The van der Waals surface area contributed by atoms with E-state index in [1.807, 2.05) is 17.5 Å². The molecule has 0 saturated carbocycles. The molecule has 0 aliphatic heterocycles. The maximum Gasteiger partial charge on any atom is 0.318 e. The highest BCUT2D eigenvalue weighted by atomic mass is 32.1. The average Bonchev–Trinajstić information content (AvgIpc) is 2.89. The summed E-state index contributed by atoms with van der Waals surface area (Å²) in [4.78, 5) is 14.3. The van der Waals surface area contributed by atoms with Gasteiger partial charge in [0.05, 0.1) is 12.5 Å². The first-order valence-corrected chi connectivity index (χ1v) is 6.41. The summed E-state index contributed by atoms with van der Waals surface area (Å²) in [6.45, 7) is 0.361. The second-order valence-corrected chi connectivity index (χ2v) is 4.93. The summed E-state index contributed by atoms with van der Waals surface area (Å²) in [7, 11) is 3.58. The number of ether oxygens (including phenoxy) is 1. The van der Waals surface area contributed by atoms with E-state index in [0.717, 1.165) is 11.1 Å². The van der Waals surface area contributed by atoms with Crippen molar-refractivity contribution in [3.05, 3.63) is 34.4 Å². The van der Waals surface area contributed by atoms with Gasteiger partial charge in [0.25, 0.3) is 0 Å². The largest absolute Gasteiger partial charge is 0.458 e. The van der Waals surface area contributed by atoms with Crippen molar-refractivity contribution in [2.24, 2.45) is 4.99 Å². The molecule has 0 radical (unpaired) electrons. The zero-order valence-electron chi connectivity index (χ0n) is 10.6. The third kappa shape index (κ3) is 3.99. The van der Waals surface area contributed by atoms with Gasteiger partial charge in [-0.15, -0.1) is 11.3 Å². The monoisotopic (exact) mass is 280 g/mol. The van der Waals surface area contributed by atoms with Crippen LogP contribution in [-0.4, -0.2) is 35.3 Å². The van der Waals surface area contributed by atoms with Crippen molar-refractivity contribution in [2.45, 2.75) is 6.61 Å². The molecule has 0 bridgehead atoms. The maximum absolute atomic E-state index is 13.4. The summed E-state index contributed by atoms with van der Waals surface area (Å²) < 4.78 is 18.8. The molecule has 2 rings (SSSR count). The smallest absolute Gasteiger partial charge is 0.318 e. The van der Waals surface area contributed by atoms with Crippen molar-refractivity contribution in [3.8, 4) is 6.01 Å². The molecule has 0 amide bonds. The van der Waals surface area contributed by atoms with E-state index in [0.29, 0.717) is 6.61 Å². The molecule has 5 nitrogen and oxygen atoms in total. The topological polar surface area (TPSA) is 50.6 Å². The highest BCUT2D eigenvalue weighted by Crippen LogP contribution is 2.17. The molecular formula is C12H13FN4OS. The second kappa shape index (κ2) is 6.24. The summed E-state index contributed by atoms with van der Waals surface area (Å²) in [6, 6.07) is 3.99. The van der Waals surface area contributed by atoms with Crippen molar-refractivity contribution in [1.82, 2.24) is 14.9 Å². The molecule has 0 fully saturated rings. The fraction of sp³-hybridized carbons (Fsp3) is 0.250. The third-order valence-corrected chi connectivity index (χ3v) is 2.89. The molecule has 0 unspecified atom stereocenters. The minimum atomic E-state index is -0.582. The van der Waals surface area contributed by atoms with E-state index in [1.165, 1.54) is 6.34 Å². The molecule has 2 aromatic rings. The highest BCUT2D eigenvalue weighted by Gasteiger charge is 2.07. The fourth-order valence-corrected chi connectivity index (χ4v) is 1.82.